The van der Waals surface area contributed by atoms with Crippen LogP contribution in [0.4, 0.5) is 0 Å². The van der Waals surface area contributed by atoms with Crippen molar-refractivity contribution in [3.8, 4) is 0 Å². The lowest BCUT2D eigenvalue weighted by molar-refractivity contribution is 0.1000. The minimum absolute atomic E-state index is 0.0113. The number of carbonyl (C=O) groups is 1. The van der Waals surface area contributed by atoms with Gasteiger partial charge in [0.25, 0.3) is 5.56 Å². The van der Waals surface area contributed by atoms with Crippen molar-refractivity contribution in [2.75, 3.05) is 0 Å². The number of carbonyl (C=O) groups excluding carboxylic acids is 1. The molecule has 0 aliphatic rings. The summed E-state index contributed by atoms with van der Waals surface area (Å²) < 4.78 is 28.7. The first-order chi connectivity index (χ1) is 15.8. The van der Waals surface area contributed by atoms with Crippen LogP contribution in [0.25, 0.3) is 21.8 Å². The van der Waals surface area contributed by atoms with Crippen LogP contribution in [0.15, 0.2) is 75.6 Å². The van der Waals surface area contributed by atoms with Crippen molar-refractivity contribution in [2.24, 2.45) is 12.8 Å². The van der Waals surface area contributed by atoms with Crippen molar-refractivity contribution in [2.45, 2.75) is 16.5 Å². The number of fused-ring (bicyclic) bond motifs is 3. The maximum absolute atomic E-state index is 13.3. The van der Waals surface area contributed by atoms with E-state index in [1.165, 1.54) is 29.1 Å². The average molecular weight is 462 g/mol. The quantitative estimate of drug-likeness (QED) is 0.406. The van der Waals surface area contributed by atoms with Crippen LogP contribution in [-0.2, 0) is 23.4 Å². The Labute approximate surface area is 187 Å². The molecule has 0 bridgehead atoms. The number of aromatic nitrogens is 5. The first-order valence-electron chi connectivity index (χ1n) is 9.89. The first kappa shape index (κ1) is 20.6. The number of hydrogen-bond donors (Lipinski definition) is 2. The van der Waals surface area contributed by atoms with E-state index in [9.17, 15) is 18.0 Å². The summed E-state index contributed by atoms with van der Waals surface area (Å²) in [5.74, 6) is -0.554. The summed E-state index contributed by atoms with van der Waals surface area (Å²) in [6.45, 7) is 0.150. The van der Waals surface area contributed by atoms with Gasteiger partial charge in [0.2, 0.25) is 15.7 Å². The molecule has 0 saturated carbocycles. The zero-order valence-corrected chi connectivity index (χ0v) is 18.2. The highest BCUT2D eigenvalue weighted by Crippen LogP contribution is 2.29. The SMILES string of the molecule is Cn1c2cc(S(=O)(=O)c3ccn[nH]3)ccc2c2cnn(Cc3cccc(C(N)=O)c3)c(=O)c21. The van der Waals surface area contributed by atoms with E-state index in [4.69, 9.17) is 5.73 Å². The number of nitrogens with two attached hydrogens (primary N) is 1. The summed E-state index contributed by atoms with van der Waals surface area (Å²) in [4.78, 5) is 24.8. The van der Waals surface area contributed by atoms with Gasteiger partial charge in [-0.2, -0.15) is 10.2 Å². The Hall–Kier alpha value is -4.25. The lowest BCUT2D eigenvalue weighted by Crippen LogP contribution is -2.24. The summed E-state index contributed by atoms with van der Waals surface area (Å²) >= 11 is 0. The maximum atomic E-state index is 13.3. The Morgan fingerprint density at radius 1 is 1.12 bits per heavy atom. The number of aromatic amines is 1. The van der Waals surface area contributed by atoms with Crippen LogP contribution in [0.2, 0.25) is 0 Å². The van der Waals surface area contributed by atoms with E-state index in [-0.39, 0.29) is 22.0 Å². The number of primary amides is 1. The topological polar surface area (TPSA) is 146 Å². The van der Waals surface area contributed by atoms with E-state index in [0.717, 1.165) is 0 Å². The Kier molecular flexibility index (Phi) is 4.64. The maximum Gasteiger partial charge on any atom is 0.291 e. The normalized spacial score (nSPS) is 11.9. The second kappa shape index (κ2) is 7.41. The van der Waals surface area contributed by atoms with E-state index in [1.807, 2.05) is 0 Å². The highest BCUT2D eigenvalue weighted by molar-refractivity contribution is 7.91. The largest absolute Gasteiger partial charge is 0.366 e. The molecule has 0 fully saturated rings. The monoisotopic (exact) mass is 462 g/mol. The number of H-pyrrole nitrogens is 1. The number of aryl methyl sites for hydroxylation is 1. The van der Waals surface area contributed by atoms with Gasteiger partial charge in [0, 0.05) is 23.4 Å². The van der Waals surface area contributed by atoms with Gasteiger partial charge in [-0.15, -0.1) is 0 Å². The fourth-order valence-electron chi connectivity index (χ4n) is 3.93. The van der Waals surface area contributed by atoms with E-state index in [1.54, 1.807) is 48.1 Å². The lowest BCUT2D eigenvalue weighted by atomic mass is 10.1. The third-order valence-electron chi connectivity index (χ3n) is 5.59. The second-order valence-corrected chi connectivity index (χ2v) is 9.51. The van der Waals surface area contributed by atoms with Crippen molar-refractivity contribution in [1.82, 2.24) is 24.5 Å². The number of nitrogens with one attached hydrogen (secondary N) is 1. The number of hydrogen-bond acceptors (Lipinski definition) is 6. The van der Waals surface area contributed by atoms with Crippen LogP contribution in [-0.4, -0.2) is 38.9 Å². The molecular formula is C22H18N6O4S. The van der Waals surface area contributed by atoms with Crippen molar-refractivity contribution < 1.29 is 13.2 Å². The number of benzene rings is 2. The molecule has 5 rings (SSSR count). The Bertz CT molecular complexity index is 1720. The summed E-state index contributed by atoms with van der Waals surface area (Å²) in [6.07, 6.45) is 2.95. The minimum atomic E-state index is -3.78. The molecule has 33 heavy (non-hydrogen) atoms. The Morgan fingerprint density at radius 3 is 2.67 bits per heavy atom. The van der Waals surface area contributed by atoms with Crippen molar-refractivity contribution >= 4 is 37.6 Å². The van der Waals surface area contributed by atoms with Crippen LogP contribution in [0.3, 0.4) is 0 Å². The van der Waals surface area contributed by atoms with Crippen LogP contribution < -0.4 is 11.3 Å². The van der Waals surface area contributed by atoms with Gasteiger partial charge in [0.15, 0.2) is 5.03 Å². The third-order valence-corrected chi connectivity index (χ3v) is 7.27. The molecule has 0 saturated heterocycles. The van der Waals surface area contributed by atoms with Crippen LogP contribution in [0, 0.1) is 0 Å². The van der Waals surface area contributed by atoms with Crippen LogP contribution in [0.5, 0.6) is 0 Å². The molecule has 0 unspecified atom stereocenters. The van der Waals surface area contributed by atoms with Gasteiger partial charge in [0.1, 0.15) is 5.52 Å². The third kappa shape index (κ3) is 3.29. The summed E-state index contributed by atoms with van der Waals surface area (Å²) in [6, 6.07) is 12.8. The smallest absolute Gasteiger partial charge is 0.291 e. The molecule has 2 aromatic carbocycles. The standard InChI is InChI=1S/C22H18N6O4S/c1-27-18-10-15(33(31,32)19-7-8-24-26-19)5-6-16(18)17-11-25-28(22(30)20(17)27)12-13-3-2-4-14(9-13)21(23)29/h2-11H,12H2,1H3,(H2,23,29)(H,24,26). The summed E-state index contributed by atoms with van der Waals surface area (Å²) in [7, 11) is -2.07. The molecule has 11 heteroatoms. The zero-order chi connectivity index (χ0) is 23.3. The van der Waals surface area contributed by atoms with Crippen molar-refractivity contribution in [3.05, 3.63) is 82.4 Å². The fourth-order valence-corrected chi connectivity index (χ4v) is 5.11. The number of sulfone groups is 1. The Morgan fingerprint density at radius 2 is 1.94 bits per heavy atom. The molecule has 166 valence electrons. The second-order valence-electron chi connectivity index (χ2n) is 7.60. The molecule has 1 amide bonds. The van der Waals surface area contributed by atoms with Gasteiger partial charge in [-0.25, -0.2) is 13.1 Å². The molecule has 10 nitrogen and oxygen atoms in total. The van der Waals surface area contributed by atoms with Crippen LogP contribution in [0.1, 0.15) is 15.9 Å². The first-order valence-corrected chi connectivity index (χ1v) is 11.4. The fraction of sp³-hybridized carbons (Fsp3) is 0.0909. The van der Waals surface area contributed by atoms with Crippen molar-refractivity contribution in [1.29, 1.82) is 0 Å². The highest BCUT2D eigenvalue weighted by atomic mass is 32.2. The predicted molar refractivity (Wildman–Crippen MR) is 121 cm³/mol. The minimum Gasteiger partial charge on any atom is -0.366 e. The van der Waals surface area contributed by atoms with E-state index in [0.29, 0.717) is 32.9 Å². The van der Waals surface area contributed by atoms with Gasteiger partial charge in [-0.3, -0.25) is 14.7 Å². The van der Waals surface area contributed by atoms with E-state index in [2.05, 4.69) is 15.3 Å². The number of nitrogens with zero attached hydrogens (tertiary/aromatic N) is 4. The molecule has 0 aliphatic carbocycles. The van der Waals surface area contributed by atoms with Gasteiger partial charge >= 0.3 is 0 Å². The number of amides is 1. The molecule has 3 aromatic heterocycles. The van der Waals surface area contributed by atoms with Gasteiger partial charge in [0.05, 0.1) is 29.4 Å². The highest BCUT2D eigenvalue weighted by Gasteiger charge is 2.22. The molecule has 0 aliphatic heterocycles. The molecule has 3 heterocycles. The average Bonchev–Trinajstić information content (AvgIpc) is 3.44. The summed E-state index contributed by atoms with van der Waals surface area (Å²) in [5.41, 5.74) is 7.02. The molecule has 3 N–H and O–H groups in total. The predicted octanol–water partition coefficient (Wildman–Crippen LogP) is 1.59. The molecule has 0 spiro atoms. The number of rotatable bonds is 5. The molecule has 0 radical (unpaired) electrons. The summed E-state index contributed by atoms with van der Waals surface area (Å²) in [5, 5.41) is 11.8. The van der Waals surface area contributed by atoms with E-state index < -0.39 is 15.7 Å². The molecular weight excluding hydrogens is 444 g/mol. The van der Waals surface area contributed by atoms with Gasteiger partial charge in [-0.05, 0) is 35.9 Å². The van der Waals surface area contributed by atoms with Crippen molar-refractivity contribution in [3.63, 3.8) is 0 Å². The molecule has 5 aromatic rings. The zero-order valence-electron chi connectivity index (χ0n) is 17.4. The Balaban J connectivity index is 1.64. The van der Waals surface area contributed by atoms with Gasteiger partial charge in [-0.1, -0.05) is 18.2 Å². The van der Waals surface area contributed by atoms with E-state index >= 15 is 0 Å². The van der Waals surface area contributed by atoms with Gasteiger partial charge < -0.3 is 10.3 Å². The molecule has 0 atom stereocenters. The van der Waals surface area contributed by atoms with Crippen LogP contribution >= 0.6 is 0 Å². The lowest BCUT2D eigenvalue weighted by Gasteiger charge is -2.07.